The maximum atomic E-state index is 14.4. The Hall–Kier alpha value is -1.80. The minimum atomic E-state index is -0.590. The van der Waals surface area contributed by atoms with Gasteiger partial charge in [-0.2, -0.15) is 5.10 Å². The maximum Gasteiger partial charge on any atom is 0.184 e. The number of anilines is 1. The van der Waals surface area contributed by atoms with Crippen molar-refractivity contribution in [3.05, 3.63) is 29.3 Å². The van der Waals surface area contributed by atoms with Gasteiger partial charge in [-0.25, -0.2) is 8.78 Å². The van der Waals surface area contributed by atoms with Crippen molar-refractivity contribution >= 4 is 29.2 Å². The second kappa shape index (κ2) is 9.05. The van der Waals surface area contributed by atoms with Crippen LogP contribution in [0, 0.1) is 11.6 Å². The summed E-state index contributed by atoms with van der Waals surface area (Å²) in [4.78, 5) is 4.17. The Bertz CT molecular complexity index is 602. The fourth-order valence-electron chi connectivity index (χ4n) is 3.25. The van der Waals surface area contributed by atoms with Crippen molar-refractivity contribution in [2.24, 2.45) is 10.8 Å². The fraction of sp³-hybridized carbons (Fsp3) is 0.529. The SMILES string of the molecule is CCC(CC)N1CCN(c2c(F)cc(C=NNC(N)=S)cc2F)CC1. The van der Waals surface area contributed by atoms with Crippen LogP contribution in [0.25, 0.3) is 0 Å². The molecule has 25 heavy (non-hydrogen) atoms. The minimum Gasteiger partial charge on any atom is -0.375 e. The van der Waals surface area contributed by atoms with Crippen molar-refractivity contribution in [1.29, 1.82) is 0 Å². The number of nitrogens with zero attached hydrogens (tertiary/aromatic N) is 3. The molecule has 1 aliphatic rings. The average molecular weight is 369 g/mol. The van der Waals surface area contributed by atoms with Crippen LogP contribution in [-0.4, -0.2) is 48.4 Å². The van der Waals surface area contributed by atoms with Crippen LogP contribution in [0.1, 0.15) is 32.3 Å². The third-order valence-electron chi connectivity index (χ3n) is 4.52. The molecule has 0 spiro atoms. The van der Waals surface area contributed by atoms with Gasteiger partial charge < -0.3 is 10.6 Å². The summed E-state index contributed by atoms with van der Waals surface area (Å²) in [6, 6.07) is 3.06. The number of hydrogen-bond acceptors (Lipinski definition) is 4. The van der Waals surface area contributed by atoms with Crippen LogP contribution >= 0.6 is 12.2 Å². The molecule has 3 N–H and O–H groups in total. The zero-order valence-corrected chi connectivity index (χ0v) is 15.5. The van der Waals surface area contributed by atoms with E-state index in [-0.39, 0.29) is 10.8 Å². The minimum absolute atomic E-state index is 0.0100. The molecule has 0 saturated carbocycles. The van der Waals surface area contributed by atoms with Crippen molar-refractivity contribution in [3.63, 3.8) is 0 Å². The van der Waals surface area contributed by atoms with E-state index in [4.69, 9.17) is 5.73 Å². The van der Waals surface area contributed by atoms with Gasteiger partial charge in [-0.15, -0.1) is 0 Å². The second-order valence-electron chi connectivity index (χ2n) is 6.06. The Morgan fingerprint density at radius 1 is 1.24 bits per heavy atom. The predicted octanol–water partition coefficient (Wildman–Crippen LogP) is 2.44. The lowest BCUT2D eigenvalue weighted by Gasteiger charge is -2.40. The highest BCUT2D eigenvalue weighted by atomic mass is 32.1. The maximum absolute atomic E-state index is 14.4. The number of nitrogens with one attached hydrogen (secondary N) is 1. The molecule has 0 aliphatic carbocycles. The van der Waals surface area contributed by atoms with E-state index in [9.17, 15) is 8.78 Å². The largest absolute Gasteiger partial charge is 0.375 e. The molecule has 8 heteroatoms. The van der Waals surface area contributed by atoms with Crippen LogP contribution < -0.4 is 16.1 Å². The highest BCUT2D eigenvalue weighted by molar-refractivity contribution is 7.80. The molecule has 1 saturated heterocycles. The van der Waals surface area contributed by atoms with E-state index < -0.39 is 11.6 Å². The predicted molar refractivity (Wildman–Crippen MR) is 102 cm³/mol. The molecule has 1 aromatic rings. The molecule has 1 aromatic carbocycles. The van der Waals surface area contributed by atoms with Gasteiger partial charge in [0.05, 0.1) is 6.21 Å². The molecule has 0 unspecified atom stereocenters. The Morgan fingerprint density at radius 3 is 2.28 bits per heavy atom. The van der Waals surface area contributed by atoms with E-state index in [0.29, 0.717) is 24.7 Å². The summed E-state index contributed by atoms with van der Waals surface area (Å²) < 4.78 is 28.9. The number of hydrogen-bond donors (Lipinski definition) is 2. The van der Waals surface area contributed by atoms with E-state index in [2.05, 4.69) is 41.5 Å². The van der Waals surface area contributed by atoms with Gasteiger partial charge in [-0.3, -0.25) is 10.3 Å². The zero-order chi connectivity index (χ0) is 18.4. The van der Waals surface area contributed by atoms with Crippen LogP contribution in [0.4, 0.5) is 14.5 Å². The lowest BCUT2D eigenvalue weighted by Crippen LogP contribution is -2.50. The first-order chi connectivity index (χ1) is 12.0. The third kappa shape index (κ3) is 5.09. The van der Waals surface area contributed by atoms with Crippen molar-refractivity contribution in [2.75, 3.05) is 31.1 Å². The third-order valence-corrected chi connectivity index (χ3v) is 4.61. The van der Waals surface area contributed by atoms with Crippen LogP contribution in [0.2, 0.25) is 0 Å². The molecule has 2 rings (SSSR count). The first-order valence-corrected chi connectivity index (χ1v) is 8.93. The standard InChI is InChI=1S/C17H25F2N5S/c1-3-13(4-2)23-5-7-24(8-6-23)16-14(18)9-12(10-15(16)19)11-21-22-17(20)25/h9-11,13H,3-8H2,1-2H3,(H3,20,22,25). The van der Waals surface area contributed by atoms with Crippen molar-refractivity contribution < 1.29 is 8.78 Å². The number of thiocarbonyl (C=S) groups is 1. The average Bonchev–Trinajstić information content (AvgIpc) is 2.56. The van der Waals surface area contributed by atoms with Crippen LogP contribution in [0.15, 0.2) is 17.2 Å². The molecule has 1 heterocycles. The highest BCUT2D eigenvalue weighted by Gasteiger charge is 2.25. The van der Waals surface area contributed by atoms with Gasteiger partial charge >= 0.3 is 0 Å². The monoisotopic (exact) mass is 369 g/mol. The van der Waals surface area contributed by atoms with Gasteiger partial charge in [0.25, 0.3) is 0 Å². The van der Waals surface area contributed by atoms with E-state index in [1.807, 2.05) is 0 Å². The number of piperazine rings is 1. The molecular formula is C17H25F2N5S. The Labute approximate surface area is 152 Å². The normalized spacial score (nSPS) is 16.0. The number of nitrogens with two attached hydrogens (primary N) is 1. The smallest absolute Gasteiger partial charge is 0.184 e. The van der Waals surface area contributed by atoms with Gasteiger partial charge in [0, 0.05) is 37.8 Å². The van der Waals surface area contributed by atoms with Crippen LogP contribution in [0.3, 0.4) is 0 Å². The molecule has 1 aliphatic heterocycles. The van der Waals surface area contributed by atoms with Crippen molar-refractivity contribution in [3.8, 4) is 0 Å². The summed E-state index contributed by atoms with van der Waals surface area (Å²) in [5, 5.41) is 3.71. The molecular weight excluding hydrogens is 344 g/mol. The Kier molecular flexibility index (Phi) is 7.07. The van der Waals surface area contributed by atoms with Gasteiger partial charge in [-0.05, 0) is 37.2 Å². The lowest BCUT2D eigenvalue weighted by molar-refractivity contribution is 0.175. The van der Waals surface area contributed by atoms with Crippen LogP contribution in [0.5, 0.6) is 0 Å². The first-order valence-electron chi connectivity index (χ1n) is 8.52. The molecule has 0 aromatic heterocycles. The van der Waals surface area contributed by atoms with Crippen molar-refractivity contribution in [1.82, 2.24) is 10.3 Å². The number of halogens is 2. The first kappa shape index (κ1) is 19.5. The van der Waals surface area contributed by atoms with Gasteiger partial charge in [0.1, 0.15) is 17.3 Å². The Morgan fingerprint density at radius 2 is 1.80 bits per heavy atom. The number of benzene rings is 1. The number of hydrazone groups is 1. The quantitative estimate of drug-likeness (QED) is 0.458. The summed E-state index contributed by atoms with van der Waals surface area (Å²) in [5.41, 5.74) is 7.93. The summed E-state index contributed by atoms with van der Waals surface area (Å²) in [6.07, 6.45) is 3.46. The van der Waals surface area contributed by atoms with Crippen LogP contribution in [-0.2, 0) is 0 Å². The highest BCUT2D eigenvalue weighted by Crippen LogP contribution is 2.26. The van der Waals surface area contributed by atoms with E-state index in [0.717, 1.165) is 25.9 Å². The molecule has 0 bridgehead atoms. The van der Waals surface area contributed by atoms with Crippen molar-refractivity contribution in [2.45, 2.75) is 32.7 Å². The molecule has 0 radical (unpaired) electrons. The summed E-state index contributed by atoms with van der Waals surface area (Å²) >= 11 is 4.61. The summed E-state index contributed by atoms with van der Waals surface area (Å²) in [6.45, 7) is 7.19. The Balaban J connectivity index is 2.08. The zero-order valence-electron chi connectivity index (χ0n) is 14.6. The van der Waals surface area contributed by atoms with E-state index in [1.165, 1.54) is 18.3 Å². The lowest BCUT2D eigenvalue weighted by atomic mass is 10.1. The van der Waals surface area contributed by atoms with Gasteiger partial charge in [0.2, 0.25) is 0 Å². The molecule has 1 fully saturated rings. The molecule has 5 nitrogen and oxygen atoms in total. The second-order valence-corrected chi connectivity index (χ2v) is 6.50. The molecule has 138 valence electrons. The van der Waals surface area contributed by atoms with Gasteiger partial charge in [-0.1, -0.05) is 13.8 Å². The fourth-order valence-corrected chi connectivity index (χ4v) is 3.30. The number of rotatable bonds is 6. The van der Waals surface area contributed by atoms with Gasteiger partial charge in [0.15, 0.2) is 5.11 Å². The topological polar surface area (TPSA) is 56.9 Å². The summed E-state index contributed by atoms with van der Waals surface area (Å²) in [7, 11) is 0. The molecule has 0 amide bonds. The molecule has 0 atom stereocenters. The van der Waals surface area contributed by atoms with E-state index in [1.54, 1.807) is 4.90 Å². The summed E-state index contributed by atoms with van der Waals surface area (Å²) in [5.74, 6) is -1.18. The van der Waals surface area contributed by atoms with E-state index >= 15 is 0 Å².